The Kier molecular flexibility index (Phi) is 7.48. The minimum atomic E-state index is -0.960. The lowest BCUT2D eigenvalue weighted by molar-refractivity contribution is -0.143. The van der Waals surface area contributed by atoms with E-state index in [2.05, 4.69) is 30.8 Å². The zero-order valence-electron chi connectivity index (χ0n) is 19.1. The lowest BCUT2D eigenvalue weighted by Gasteiger charge is -2.32. The number of hydrogen-bond acceptors (Lipinski definition) is 3. The molecule has 1 amide bonds. The van der Waals surface area contributed by atoms with E-state index in [1.165, 1.54) is 22.4 Å². The average Bonchev–Trinajstić information content (AvgIpc) is 3.16. The van der Waals surface area contributed by atoms with Gasteiger partial charge in [-0.3, -0.25) is 4.90 Å². The summed E-state index contributed by atoms with van der Waals surface area (Å²) in [5.74, 6) is -0.671. The van der Waals surface area contributed by atoms with Crippen LogP contribution in [-0.2, 0) is 9.53 Å². The molecule has 2 aromatic rings. The molecule has 2 aromatic carbocycles. The van der Waals surface area contributed by atoms with Crippen molar-refractivity contribution in [2.24, 2.45) is 5.92 Å². The number of fused-ring (bicyclic) bond motifs is 3. The maximum Gasteiger partial charge on any atom is 0.410 e. The Balaban J connectivity index is 1.50. The van der Waals surface area contributed by atoms with Crippen LogP contribution in [-0.4, -0.2) is 41.3 Å². The first-order valence-electron chi connectivity index (χ1n) is 12.1. The fourth-order valence-electron chi connectivity index (χ4n) is 5.38. The van der Waals surface area contributed by atoms with Crippen molar-refractivity contribution in [2.45, 2.75) is 56.9 Å². The number of carbonyl (C=O) groups is 2. The molecule has 0 bridgehead atoms. The third kappa shape index (κ3) is 5.13. The maximum absolute atomic E-state index is 13.2. The standard InChI is InChI=1S/C28H33NO4/c1-2-3-17-29(26(27(30)31)18-20-11-5-4-6-12-20)28(32)33-19-25-23-15-9-7-13-21(23)22-14-8-10-16-24(22)25/h2,7-10,13-16,20,25-26H,1,3-6,11-12,17-19H2,(H,30,31)/t26-/m0/s1. The van der Waals surface area contributed by atoms with Gasteiger partial charge in [0.05, 0.1) is 0 Å². The minimum Gasteiger partial charge on any atom is -0.480 e. The first-order chi connectivity index (χ1) is 16.1. The molecule has 5 nitrogen and oxygen atoms in total. The highest BCUT2D eigenvalue weighted by Gasteiger charge is 2.35. The van der Waals surface area contributed by atoms with Crippen LogP contribution < -0.4 is 0 Å². The van der Waals surface area contributed by atoms with Crippen molar-refractivity contribution >= 4 is 12.1 Å². The van der Waals surface area contributed by atoms with Crippen LogP contribution in [0.2, 0.25) is 0 Å². The second kappa shape index (κ2) is 10.7. The Labute approximate surface area is 196 Å². The second-order valence-electron chi connectivity index (χ2n) is 9.17. The van der Waals surface area contributed by atoms with Gasteiger partial charge in [0.1, 0.15) is 12.6 Å². The van der Waals surface area contributed by atoms with Crippen molar-refractivity contribution in [3.05, 3.63) is 72.3 Å². The molecule has 0 unspecified atom stereocenters. The van der Waals surface area contributed by atoms with Gasteiger partial charge in [0.15, 0.2) is 0 Å². The Hall–Kier alpha value is -3.08. The van der Waals surface area contributed by atoms with Gasteiger partial charge in [0.2, 0.25) is 0 Å². The van der Waals surface area contributed by atoms with Gasteiger partial charge >= 0.3 is 12.1 Å². The van der Waals surface area contributed by atoms with Crippen molar-refractivity contribution in [1.82, 2.24) is 4.90 Å². The summed E-state index contributed by atoms with van der Waals surface area (Å²) in [6.45, 7) is 4.23. The number of ether oxygens (including phenoxy) is 1. The van der Waals surface area contributed by atoms with Crippen LogP contribution in [0.3, 0.4) is 0 Å². The van der Waals surface area contributed by atoms with Gasteiger partial charge in [-0.25, -0.2) is 9.59 Å². The first kappa shape index (κ1) is 23.1. The molecule has 1 atom stereocenters. The normalized spacial score (nSPS) is 16.5. The number of hydrogen-bond donors (Lipinski definition) is 1. The maximum atomic E-state index is 13.2. The molecule has 5 heteroatoms. The Morgan fingerprint density at radius 1 is 1.03 bits per heavy atom. The van der Waals surface area contributed by atoms with Crippen LogP contribution in [0.1, 0.15) is 62.0 Å². The van der Waals surface area contributed by atoms with E-state index in [1.54, 1.807) is 6.08 Å². The predicted molar refractivity (Wildman–Crippen MR) is 129 cm³/mol. The van der Waals surface area contributed by atoms with Crippen molar-refractivity contribution in [3.63, 3.8) is 0 Å². The molecule has 2 aliphatic rings. The third-order valence-corrected chi connectivity index (χ3v) is 7.09. The smallest absolute Gasteiger partial charge is 0.410 e. The zero-order valence-corrected chi connectivity index (χ0v) is 19.1. The molecule has 174 valence electrons. The summed E-state index contributed by atoms with van der Waals surface area (Å²) >= 11 is 0. The second-order valence-corrected chi connectivity index (χ2v) is 9.17. The van der Waals surface area contributed by atoms with Gasteiger partial charge in [-0.2, -0.15) is 0 Å². The highest BCUT2D eigenvalue weighted by Crippen LogP contribution is 2.44. The number of carboxylic acid groups (broad SMARTS) is 1. The van der Waals surface area contributed by atoms with Crippen LogP contribution >= 0.6 is 0 Å². The average molecular weight is 448 g/mol. The van der Waals surface area contributed by atoms with Gasteiger partial charge in [-0.05, 0) is 41.0 Å². The molecule has 4 rings (SSSR count). The van der Waals surface area contributed by atoms with Gasteiger partial charge in [-0.1, -0.05) is 86.7 Å². The summed E-state index contributed by atoms with van der Waals surface area (Å²) in [5.41, 5.74) is 4.61. The fourth-order valence-corrected chi connectivity index (χ4v) is 5.38. The number of carboxylic acids is 1. The Morgan fingerprint density at radius 3 is 2.21 bits per heavy atom. The van der Waals surface area contributed by atoms with Crippen molar-refractivity contribution < 1.29 is 19.4 Å². The topological polar surface area (TPSA) is 66.8 Å². The van der Waals surface area contributed by atoms with E-state index >= 15 is 0 Å². The summed E-state index contributed by atoms with van der Waals surface area (Å²) < 4.78 is 5.81. The summed E-state index contributed by atoms with van der Waals surface area (Å²) in [5, 5.41) is 9.99. The quantitative estimate of drug-likeness (QED) is 0.462. The molecule has 1 N–H and O–H groups in total. The monoisotopic (exact) mass is 447 g/mol. The van der Waals surface area contributed by atoms with Crippen molar-refractivity contribution in [1.29, 1.82) is 0 Å². The highest BCUT2D eigenvalue weighted by molar-refractivity contribution is 5.81. The van der Waals surface area contributed by atoms with Crippen molar-refractivity contribution in [3.8, 4) is 11.1 Å². The largest absolute Gasteiger partial charge is 0.480 e. The van der Waals surface area contributed by atoms with E-state index in [0.29, 0.717) is 25.3 Å². The summed E-state index contributed by atoms with van der Waals surface area (Å²) in [6, 6.07) is 15.5. The zero-order chi connectivity index (χ0) is 23.2. The molecule has 0 aromatic heterocycles. The SMILES string of the molecule is C=CCCN(C(=O)OCC1c2ccccc2-c2ccccc21)[C@@H](CC1CCCCC1)C(=O)O. The number of rotatable bonds is 9. The lowest BCUT2D eigenvalue weighted by atomic mass is 9.84. The van der Waals surface area contributed by atoms with E-state index in [9.17, 15) is 14.7 Å². The predicted octanol–water partition coefficient (Wildman–Crippen LogP) is 6.24. The Bertz CT molecular complexity index is 949. The third-order valence-electron chi connectivity index (χ3n) is 7.09. The molecule has 0 radical (unpaired) electrons. The lowest BCUT2D eigenvalue weighted by Crippen LogP contribution is -2.47. The van der Waals surface area contributed by atoms with Crippen molar-refractivity contribution in [2.75, 3.05) is 13.2 Å². The number of carbonyl (C=O) groups excluding carboxylic acids is 1. The van der Waals surface area contributed by atoms with Gasteiger partial charge in [0.25, 0.3) is 0 Å². The van der Waals surface area contributed by atoms with E-state index in [4.69, 9.17) is 4.74 Å². The molecule has 0 spiro atoms. The summed E-state index contributed by atoms with van der Waals surface area (Å²) in [6.07, 6.45) is 7.71. The molecule has 1 saturated carbocycles. The summed E-state index contributed by atoms with van der Waals surface area (Å²) in [4.78, 5) is 26.8. The van der Waals surface area contributed by atoms with Crippen LogP contribution in [0.15, 0.2) is 61.2 Å². The number of aliphatic carboxylic acids is 1. The number of amides is 1. The molecule has 1 fully saturated rings. The fraction of sp³-hybridized carbons (Fsp3) is 0.429. The summed E-state index contributed by atoms with van der Waals surface area (Å²) in [7, 11) is 0. The number of benzene rings is 2. The minimum absolute atomic E-state index is 0.0516. The van der Waals surface area contributed by atoms with E-state index in [0.717, 1.165) is 36.8 Å². The molecular weight excluding hydrogens is 414 g/mol. The Morgan fingerprint density at radius 2 is 1.64 bits per heavy atom. The van der Waals surface area contributed by atoms with Crippen LogP contribution in [0.5, 0.6) is 0 Å². The molecule has 0 saturated heterocycles. The molecule has 0 heterocycles. The van der Waals surface area contributed by atoms with Gasteiger partial charge in [-0.15, -0.1) is 6.58 Å². The van der Waals surface area contributed by atoms with E-state index in [-0.39, 0.29) is 12.5 Å². The van der Waals surface area contributed by atoms with Gasteiger partial charge in [0, 0.05) is 12.5 Å². The van der Waals surface area contributed by atoms with Gasteiger partial charge < -0.3 is 9.84 Å². The molecular formula is C28H33NO4. The first-order valence-corrected chi connectivity index (χ1v) is 12.1. The van der Waals surface area contributed by atoms with Crippen LogP contribution in [0, 0.1) is 5.92 Å². The molecule has 33 heavy (non-hydrogen) atoms. The van der Waals surface area contributed by atoms with E-state index in [1.807, 2.05) is 24.3 Å². The molecule has 0 aliphatic heterocycles. The van der Waals surface area contributed by atoms with Crippen LogP contribution in [0.25, 0.3) is 11.1 Å². The number of nitrogens with zero attached hydrogens (tertiary/aromatic N) is 1. The van der Waals surface area contributed by atoms with Crippen LogP contribution in [0.4, 0.5) is 4.79 Å². The van der Waals surface area contributed by atoms with E-state index < -0.39 is 18.1 Å². The molecule has 2 aliphatic carbocycles. The highest BCUT2D eigenvalue weighted by atomic mass is 16.6.